The number of hydrogen-bond acceptors (Lipinski definition) is 5. The minimum absolute atomic E-state index is 0.802. The van der Waals surface area contributed by atoms with Gasteiger partial charge < -0.3 is 5.32 Å². The Kier molecular flexibility index (Phi) is 3.56. The van der Waals surface area contributed by atoms with Crippen LogP contribution < -0.4 is 5.32 Å². The van der Waals surface area contributed by atoms with Gasteiger partial charge in [0.1, 0.15) is 22.3 Å². The van der Waals surface area contributed by atoms with Gasteiger partial charge in [-0.05, 0) is 55.0 Å². The van der Waals surface area contributed by atoms with Gasteiger partial charge in [0.05, 0.1) is 0 Å². The second kappa shape index (κ2) is 5.85. The molecule has 3 aromatic heterocycles. The van der Waals surface area contributed by atoms with Crippen molar-refractivity contribution in [3.63, 3.8) is 0 Å². The summed E-state index contributed by atoms with van der Waals surface area (Å²) in [5.41, 5.74) is 3.69. The lowest BCUT2D eigenvalue weighted by Crippen LogP contribution is -2.05. The molecule has 5 heteroatoms. The molecule has 0 amide bonds. The fourth-order valence-electron chi connectivity index (χ4n) is 2.79. The van der Waals surface area contributed by atoms with Crippen molar-refractivity contribution in [2.75, 3.05) is 5.32 Å². The Labute approximate surface area is 133 Å². The highest BCUT2D eigenvalue weighted by atomic mass is 32.1. The molecule has 4 nitrogen and oxygen atoms in total. The first-order valence-corrected chi connectivity index (χ1v) is 8.38. The van der Waals surface area contributed by atoms with Crippen LogP contribution in [-0.4, -0.2) is 15.0 Å². The molecule has 0 spiro atoms. The number of aryl methyl sites for hydroxylation is 2. The van der Waals surface area contributed by atoms with Crippen molar-refractivity contribution in [3.05, 3.63) is 53.2 Å². The first-order chi connectivity index (χ1) is 10.9. The monoisotopic (exact) mass is 308 g/mol. The molecule has 0 aromatic carbocycles. The Morgan fingerprint density at radius 1 is 1.00 bits per heavy atom. The highest BCUT2D eigenvalue weighted by Crippen LogP contribution is 2.25. The van der Waals surface area contributed by atoms with Crippen LogP contribution >= 0.6 is 11.3 Å². The lowest BCUT2D eigenvalue weighted by Gasteiger charge is -2.16. The lowest BCUT2D eigenvalue weighted by atomic mass is 9.93. The van der Waals surface area contributed by atoms with Crippen LogP contribution in [0.1, 0.15) is 24.0 Å². The predicted molar refractivity (Wildman–Crippen MR) is 89.5 cm³/mol. The largest absolute Gasteiger partial charge is 0.325 e. The molecule has 110 valence electrons. The molecular formula is C17H16N4S. The predicted octanol–water partition coefficient (Wildman–Crippen LogP) is 4.22. The van der Waals surface area contributed by atoms with Gasteiger partial charge >= 0.3 is 0 Å². The van der Waals surface area contributed by atoms with E-state index < -0.39 is 0 Å². The molecule has 0 unspecified atom stereocenters. The zero-order valence-corrected chi connectivity index (χ0v) is 12.9. The fraction of sp³-hybridized carbons (Fsp3) is 0.235. The highest BCUT2D eigenvalue weighted by Gasteiger charge is 2.11. The third-order valence-electron chi connectivity index (χ3n) is 3.88. The zero-order chi connectivity index (χ0) is 14.8. The van der Waals surface area contributed by atoms with Crippen molar-refractivity contribution in [1.29, 1.82) is 0 Å². The fourth-order valence-corrected chi connectivity index (χ4v) is 3.39. The van der Waals surface area contributed by atoms with E-state index >= 15 is 0 Å². The molecule has 0 bridgehead atoms. The van der Waals surface area contributed by atoms with Gasteiger partial charge in [-0.2, -0.15) is 0 Å². The summed E-state index contributed by atoms with van der Waals surface area (Å²) < 4.78 is 0. The van der Waals surface area contributed by atoms with Crippen LogP contribution in [0.2, 0.25) is 0 Å². The van der Waals surface area contributed by atoms with Crippen molar-refractivity contribution in [3.8, 4) is 10.7 Å². The summed E-state index contributed by atoms with van der Waals surface area (Å²) in [6, 6.07) is 8.08. The number of fused-ring (bicyclic) bond motifs is 1. The molecule has 3 heterocycles. The van der Waals surface area contributed by atoms with Crippen LogP contribution in [0.5, 0.6) is 0 Å². The molecule has 0 atom stereocenters. The quantitative estimate of drug-likeness (QED) is 0.787. The molecule has 1 N–H and O–H groups in total. The number of pyridine rings is 2. The summed E-state index contributed by atoms with van der Waals surface area (Å²) in [4.78, 5) is 13.4. The zero-order valence-electron chi connectivity index (χ0n) is 12.1. The molecular weight excluding hydrogens is 292 g/mol. The Balaban J connectivity index is 1.60. The number of hydrogen-bond donors (Lipinski definition) is 1. The van der Waals surface area contributed by atoms with E-state index in [4.69, 9.17) is 0 Å². The summed E-state index contributed by atoms with van der Waals surface area (Å²) >= 11 is 1.59. The SMILES string of the molecule is c1cc(Nc2cc3c(cn2)CCCC3)nc(-c2nccs2)c1. The van der Waals surface area contributed by atoms with Gasteiger partial charge in [0.2, 0.25) is 0 Å². The van der Waals surface area contributed by atoms with Crippen molar-refractivity contribution in [1.82, 2.24) is 15.0 Å². The molecule has 0 saturated carbocycles. The summed E-state index contributed by atoms with van der Waals surface area (Å²) in [7, 11) is 0. The van der Waals surface area contributed by atoms with Gasteiger partial charge in [0.25, 0.3) is 0 Å². The molecule has 1 aliphatic carbocycles. The third kappa shape index (κ3) is 2.72. The third-order valence-corrected chi connectivity index (χ3v) is 4.68. The second-order valence-electron chi connectivity index (χ2n) is 5.42. The molecule has 4 rings (SSSR count). The van der Waals surface area contributed by atoms with Gasteiger partial charge in [-0.25, -0.2) is 15.0 Å². The minimum atomic E-state index is 0.802. The van der Waals surface area contributed by atoms with E-state index in [-0.39, 0.29) is 0 Å². The number of thiazole rings is 1. The van der Waals surface area contributed by atoms with E-state index in [9.17, 15) is 0 Å². The molecule has 3 aromatic rings. The van der Waals surface area contributed by atoms with Crippen LogP contribution in [0.15, 0.2) is 42.0 Å². The van der Waals surface area contributed by atoms with E-state index in [1.165, 1.54) is 24.0 Å². The molecule has 0 radical (unpaired) electrons. The number of anilines is 2. The van der Waals surface area contributed by atoms with Gasteiger partial charge in [-0.1, -0.05) is 6.07 Å². The Morgan fingerprint density at radius 3 is 2.77 bits per heavy atom. The van der Waals surface area contributed by atoms with Gasteiger partial charge in [0, 0.05) is 17.8 Å². The first kappa shape index (κ1) is 13.4. The topological polar surface area (TPSA) is 50.7 Å². The number of aromatic nitrogens is 3. The lowest BCUT2D eigenvalue weighted by molar-refractivity contribution is 0.682. The van der Waals surface area contributed by atoms with E-state index in [0.717, 1.165) is 35.2 Å². The normalized spacial score (nSPS) is 13.6. The second-order valence-corrected chi connectivity index (χ2v) is 6.31. The van der Waals surface area contributed by atoms with Crippen molar-refractivity contribution in [2.45, 2.75) is 25.7 Å². The number of nitrogens with zero attached hydrogens (tertiary/aromatic N) is 3. The maximum absolute atomic E-state index is 4.62. The average molecular weight is 308 g/mol. The van der Waals surface area contributed by atoms with Crippen LogP contribution in [0.3, 0.4) is 0 Å². The summed E-state index contributed by atoms with van der Waals surface area (Å²) in [6.45, 7) is 0. The summed E-state index contributed by atoms with van der Waals surface area (Å²) in [6.07, 6.45) is 8.65. The first-order valence-electron chi connectivity index (χ1n) is 7.50. The molecule has 0 aliphatic heterocycles. The van der Waals surface area contributed by atoms with E-state index in [1.807, 2.05) is 29.8 Å². The van der Waals surface area contributed by atoms with Crippen LogP contribution in [-0.2, 0) is 12.8 Å². The van der Waals surface area contributed by atoms with Crippen molar-refractivity contribution < 1.29 is 0 Å². The van der Waals surface area contributed by atoms with Crippen molar-refractivity contribution >= 4 is 23.0 Å². The van der Waals surface area contributed by atoms with Crippen molar-refractivity contribution in [2.24, 2.45) is 0 Å². The maximum atomic E-state index is 4.62. The van der Waals surface area contributed by atoms with Crippen LogP contribution in [0.25, 0.3) is 10.7 Å². The minimum Gasteiger partial charge on any atom is -0.325 e. The number of rotatable bonds is 3. The summed E-state index contributed by atoms with van der Waals surface area (Å²) in [5.74, 6) is 1.67. The molecule has 1 aliphatic rings. The highest BCUT2D eigenvalue weighted by molar-refractivity contribution is 7.13. The maximum Gasteiger partial charge on any atom is 0.141 e. The van der Waals surface area contributed by atoms with Gasteiger partial charge in [0.15, 0.2) is 0 Å². The van der Waals surface area contributed by atoms with E-state index in [2.05, 4.69) is 26.3 Å². The average Bonchev–Trinajstić information content (AvgIpc) is 3.10. The van der Waals surface area contributed by atoms with Gasteiger partial charge in [-0.15, -0.1) is 11.3 Å². The Bertz CT molecular complexity index is 783. The van der Waals surface area contributed by atoms with E-state index in [1.54, 1.807) is 17.5 Å². The number of nitrogens with one attached hydrogen (secondary N) is 1. The molecule has 22 heavy (non-hydrogen) atoms. The standard InChI is InChI=1S/C17H16N4S/c1-2-5-13-11-19-16(10-12(13)4-1)21-15-7-3-6-14(20-15)17-18-8-9-22-17/h3,6-11H,1-2,4-5H2,(H,19,20,21). The Hall–Kier alpha value is -2.27. The van der Waals surface area contributed by atoms with Gasteiger partial charge in [-0.3, -0.25) is 0 Å². The smallest absolute Gasteiger partial charge is 0.141 e. The Morgan fingerprint density at radius 2 is 1.91 bits per heavy atom. The molecule has 0 saturated heterocycles. The van der Waals surface area contributed by atoms with Crippen LogP contribution in [0.4, 0.5) is 11.6 Å². The van der Waals surface area contributed by atoms with Crippen LogP contribution in [0, 0.1) is 0 Å². The molecule has 0 fully saturated rings. The van der Waals surface area contributed by atoms with E-state index in [0.29, 0.717) is 0 Å². The summed E-state index contributed by atoms with van der Waals surface area (Å²) in [5, 5.41) is 6.20.